The Labute approximate surface area is 154 Å². The summed E-state index contributed by atoms with van der Waals surface area (Å²) in [7, 11) is 3.39. The van der Waals surface area contributed by atoms with Crippen molar-refractivity contribution in [2.24, 2.45) is 5.92 Å². The van der Waals surface area contributed by atoms with Gasteiger partial charge < -0.3 is 14.8 Å². The van der Waals surface area contributed by atoms with Gasteiger partial charge >= 0.3 is 0 Å². The third-order valence-electron chi connectivity index (χ3n) is 5.77. The van der Waals surface area contributed by atoms with Crippen LogP contribution >= 0.6 is 0 Å². The molecule has 4 nitrogen and oxygen atoms in total. The lowest BCUT2D eigenvalue weighted by Crippen LogP contribution is -2.35. The van der Waals surface area contributed by atoms with Crippen LogP contribution in [0.4, 0.5) is 0 Å². The number of rotatable bonds is 6. The van der Waals surface area contributed by atoms with Gasteiger partial charge in [-0.05, 0) is 65.8 Å². The van der Waals surface area contributed by atoms with E-state index in [9.17, 15) is 4.79 Å². The standard InChI is InChI=1S/C22H25NO3/c1-25-15-6-8-17-18-9-7-16(26-2)13-21(18)19(20(17)12-15)10-11-23-22(24)14-4-3-5-14/h6-9,12-14,19H,3-5,10-11H2,1-2H3,(H,23,24). The number of fused-ring (bicyclic) bond motifs is 3. The number of benzene rings is 2. The number of nitrogens with one attached hydrogen (secondary N) is 1. The molecule has 136 valence electrons. The third-order valence-corrected chi connectivity index (χ3v) is 5.77. The summed E-state index contributed by atoms with van der Waals surface area (Å²) < 4.78 is 10.9. The zero-order valence-corrected chi connectivity index (χ0v) is 15.4. The minimum Gasteiger partial charge on any atom is -0.497 e. The van der Waals surface area contributed by atoms with Crippen molar-refractivity contribution in [3.63, 3.8) is 0 Å². The summed E-state index contributed by atoms with van der Waals surface area (Å²) in [6.07, 6.45) is 4.13. The maximum Gasteiger partial charge on any atom is 0.223 e. The van der Waals surface area contributed by atoms with Crippen LogP contribution in [0.5, 0.6) is 11.5 Å². The third kappa shape index (κ3) is 2.94. The molecule has 4 rings (SSSR count). The molecule has 1 saturated carbocycles. The average molecular weight is 351 g/mol. The zero-order valence-electron chi connectivity index (χ0n) is 15.4. The van der Waals surface area contributed by atoms with Crippen molar-refractivity contribution in [2.45, 2.75) is 31.6 Å². The largest absolute Gasteiger partial charge is 0.497 e. The number of amides is 1. The van der Waals surface area contributed by atoms with Gasteiger partial charge in [0.2, 0.25) is 5.91 Å². The molecule has 4 heteroatoms. The van der Waals surface area contributed by atoms with Crippen LogP contribution in [0.25, 0.3) is 11.1 Å². The molecule has 0 radical (unpaired) electrons. The van der Waals surface area contributed by atoms with Crippen LogP contribution in [0.15, 0.2) is 36.4 Å². The number of hydrogen-bond donors (Lipinski definition) is 1. The van der Waals surface area contributed by atoms with E-state index in [0.717, 1.165) is 30.8 Å². The second kappa shape index (κ2) is 7.02. The van der Waals surface area contributed by atoms with Crippen LogP contribution in [0.3, 0.4) is 0 Å². The van der Waals surface area contributed by atoms with Crippen molar-refractivity contribution in [3.8, 4) is 22.6 Å². The van der Waals surface area contributed by atoms with Crippen molar-refractivity contribution < 1.29 is 14.3 Å². The summed E-state index contributed by atoms with van der Waals surface area (Å²) in [5.74, 6) is 2.43. The first-order valence-electron chi connectivity index (χ1n) is 9.35. The highest BCUT2D eigenvalue weighted by atomic mass is 16.5. The summed E-state index contributed by atoms with van der Waals surface area (Å²) in [5, 5.41) is 3.13. The Balaban J connectivity index is 1.59. The molecule has 2 aromatic carbocycles. The maximum atomic E-state index is 12.1. The summed E-state index contributed by atoms with van der Waals surface area (Å²) >= 11 is 0. The predicted molar refractivity (Wildman–Crippen MR) is 102 cm³/mol. The lowest BCUT2D eigenvalue weighted by Gasteiger charge is -2.24. The first kappa shape index (κ1) is 17.0. The lowest BCUT2D eigenvalue weighted by atomic mass is 9.84. The summed E-state index contributed by atoms with van der Waals surface area (Å²) in [4.78, 5) is 12.1. The fourth-order valence-electron chi connectivity index (χ4n) is 4.04. The van der Waals surface area contributed by atoms with E-state index in [2.05, 4.69) is 29.6 Å². The Morgan fingerprint density at radius 1 is 1.00 bits per heavy atom. The maximum absolute atomic E-state index is 12.1. The highest BCUT2D eigenvalue weighted by Gasteiger charge is 2.30. The van der Waals surface area contributed by atoms with E-state index < -0.39 is 0 Å². The van der Waals surface area contributed by atoms with Gasteiger partial charge in [-0.3, -0.25) is 4.79 Å². The van der Waals surface area contributed by atoms with E-state index in [1.54, 1.807) is 14.2 Å². The Bertz CT molecular complexity index is 773. The Hall–Kier alpha value is -2.49. The molecule has 0 saturated heterocycles. The summed E-state index contributed by atoms with van der Waals surface area (Å²) in [5.41, 5.74) is 5.04. The van der Waals surface area contributed by atoms with Crippen LogP contribution in [-0.2, 0) is 4.79 Å². The zero-order chi connectivity index (χ0) is 18.1. The Morgan fingerprint density at radius 3 is 2.04 bits per heavy atom. The highest BCUT2D eigenvalue weighted by molar-refractivity contribution is 5.81. The average Bonchev–Trinajstić information content (AvgIpc) is 2.92. The van der Waals surface area contributed by atoms with Crippen molar-refractivity contribution in [2.75, 3.05) is 20.8 Å². The second-order valence-corrected chi connectivity index (χ2v) is 7.17. The van der Waals surface area contributed by atoms with E-state index in [0.29, 0.717) is 6.54 Å². The van der Waals surface area contributed by atoms with Crippen molar-refractivity contribution in [1.82, 2.24) is 5.32 Å². The predicted octanol–water partition coefficient (Wildman–Crippen LogP) is 4.12. The van der Waals surface area contributed by atoms with Gasteiger partial charge in [0.15, 0.2) is 0 Å². The van der Waals surface area contributed by atoms with Crippen molar-refractivity contribution in [3.05, 3.63) is 47.5 Å². The minimum atomic E-state index is 0.214. The molecule has 0 heterocycles. The van der Waals surface area contributed by atoms with E-state index in [4.69, 9.17) is 9.47 Å². The van der Waals surface area contributed by atoms with Gasteiger partial charge in [-0.1, -0.05) is 18.6 Å². The van der Waals surface area contributed by atoms with Gasteiger partial charge in [-0.25, -0.2) is 0 Å². The van der Waals surface area contributed by atoms with Gasteiger partial charge in [-0.15, -0.1) is 0 Å². The molecule has 2 aliphatic carbocycles. The second-order valence-electron chi connectivity index (χ2n) is 7.17. The molecule has 0 atom stereocenters. The Kier molecular flexibility index (Phi) is 4.58. The van der Waals surface area contributed by atoms with Crippen molar-refractivity contribution >= 4 is 5.91 Å². The molecular weight excluding hydrogens is 326 g/mol. The van der Waals surface area contributed by atoms with Crippen LogP contribution in [0, 0.1) is 5.92 Å². The van der Waals surface area contributed by atoms with Crippen LogP contribution in [-0.4, -0.2) is 26.7 Å². The molecule has 0 aliphatic heterocycles. The highest BCUT2D eigenvalue weighted by Crippen LogP contribution is 2.48. The molecule has 2 aliphatic rings. The number of methoxy groups -OCH3 is 2. The van der Waals surface area contributed by atoms with Gasteiger partial charge in [0.1, 0.15) is 11.5 Å². The summed E-state index contributed by atoms with van der Waals surface area (Å²) in [6.45, 7) is 0.688. The number of ether oxygens (including phenoxy) is 2. The smallest absolute Gasteiger partial charge is 0.223 e. The molecule has 1 N–H and O–H groups in total. The first-order chi connectivity index (χ1) is 12.7. The first-order valence-corrected chi connectivity index (χ1v) is 9.35. The van der Waals surface area contributed by atoms with E-state index >= 15 is 0 Å². The number of carbonyl (C=O) groups is 1. The molecule has 0 bridgehead atoms. The summed E-state index contributed by atoms with van der Waals surface area (Å²) in [6, 6.07) is 12.5. The minimum absolute atomic E-state index is 0.214. The SMILES string of the molecule is COc1ccc2c(c1)C(CCNC(=O)C1CCC1)c1cc(OC)ccc1-2. The molecule has 0 spiro atoms. The quantitative estimate of drug-likeness (QED) is 0.851. The number of hydrogen-bond acceptors (Lipinski definition) is 3. The van der Waals surface area contributed by atoms with Gasteiger partial charge in [0.25, 0.3) is 0 Å². The van der Waals surface area contributed by atoms with Crippen molar-refractivity contribution in [1.29, 1.82) is 0 Å². The van der Waals surface area contributed by atoms with Gasteiger partial charge in [0, 0.05) is 18.4 Å². The Morgan fingerprint density at radius 2 is 1.58 bits per heavy atom. The fourth-order valence-corrected chi connectivity index (χ4v) is 4.04. The molecular formula is C22H25NO3. The van der Waals surface area contributed by atoms with Crippen LogP contribution < -0.4 is 14.8 Å². The van der Waals surface area contributed by atoms with Gasteiger partial charge in [0.05, 0.1) is 14.2 Å². The molecule has 1 amide bonds. The molecule has 1 fully saturated rings. The molecule has 26 heavy (non-hydrogen) atoms. The molecule has 0 unspecified atom stereocenters. The van der Waals surface area contributed by atoms with Crippen LogP contribution in [0.1, 0.15) is 42.7 Å². The van der Waals surface area contributed by atoms with E-state index in [-0.39, 0.29) is 17.7 Å². The normalized spacial score (nSPS) is 15.8. The molecule has 2 aromatic rings. The van der Waals surface area contributed by atoms with E-state index in [1.807, 2.05) is 12.1 Å². The van der Waals surface area contributed by atoms with E-state index in [1.165, 1.54) is 28.7 Å². The van der Waals surface area contributed by atoms with Crippen LogP contribution in [0.2, 0.25) is 0 Å². The fraction of sp³-hybridized carbons (Fsp3) is 0.409. The lowest BCUT2D eigenvalue weighted by molar-refractivity contribution is -0.127. The number of carbonyl (C=O) groups excluding carboxylic acids is 1. The topological polar surface area (TPSA) is 47.6 Å². The van der Waals surface area contributed by atoms with Gasteiger partial charge in [-0.2, -0.15) is 0 Å². The molecule has 0 aromatic heterocycles. The monoisotopic (exact) mass is 351 g/mol.